The molecule has 0 atom stereocenters. The van der Waals surface area contributed by atoms with E-state index >= 15 is 0 Å². The third-order valence-corrected chi connectivity index (χ3v) is 3.94. The van der Waals surface area contributed by atoms with Gasteiger partial charge in [-0.15, -0.1) is 0 Å². The van der Waals surface area contributed by atoms with Crippen LogP contribution in [-0.4, -0.2) is 47.7 Å². The number of hydrogen-bond donors (Lipinski definition) is 1. The van der Waals surface area contributed by atoms with Crippen LogP contribution in [0.1, 0.15) is 12.0 Å². The maximum Gasteiger partial charge on any atom is 0.160 e. The lowest BCUT2D eigenvalue weighted by atomic mass is 10.1. The Hall–Kier alpha value is -1.27. The van der Waals surface area contributed by atoms with Crippen molar-refractivity contribution < 1.29 is 17.9 Å². The molecule has 0 aliphatic rings. The summed E-state index contributed by atoms with van der Waals surface area (Å²) in [6.07, 6.45) is 2.76. The summed E-state index contributed by atoms with van der Waals surface area (Å²) in [5.41, 5.74) is 1.15. The molecule has 0 aliphatic heterocycles. The van der Waals surface area contributed by atoms with E-state index in [2.05, 4.69) is 5.32 Å². The molecule has 1 aromatic rings. The first-order valence-electron chi connectivity index (χ1n) is 6.55. The van der Waals surface area contributed by atoms with Gasteiger partial charge in [-0.05, 0) is 43.6 Å². The first-order chi connectivity index (χ1) is 9.46. The molecule has 0 saturated heterocycles. The highest BCUT2D eigenvalue weighted by atomic mass is 32.2. The van der Waals surface area contributed by atoms with Gasteiger partial charge in [0.1, 0.15) is 9.84 Å². The second-order valence-electron chi connectivity index (χ2n) is 4.67. The summed E-state index contributed by atoms with van der Waals surface area (Å²) >= 11 is 0. The van der Waals surface area contributed by atoms with Gasteiger partial charge in [0.25, 0.3) is 0 Å². The molecule has 0 bridgehead atoms. The van der Waals surface area contributed by atoms with Gasteiger partial charge < -0.3 is 14.8 Å². The third-order valence-electron chi connectivity index (χ3n) is 2.91. The molecule has 5 nitrogen and oxygen atoms in total. The van der Waals surface area contributed by atoms with Crippen LogP contribution in [-0.2, 0) is 16.3 Å². The number of nitrogens with one attached hydrogen (secondary N) is 1. The normalized spacial score (nSPS) is 11.3. The minimum absolute atomic E-state index is 0.232. The van der Waals surface area contributed by atoms with E-state index in [0.29, 0.717) is 13.0 Å². The summed E-state index contributed by atoms with van der Waals surface area (Å²) in [5, 5.41) is 3.24. The van der Waals surface area contributed by atoms with Gasteiger partial charge in [-0.3, -0.25) is 0 Å². The largest absolute Gasteiger partial charge is 0.493 e. The predicted octanol–water partition coefficient (Wildman–Crippen LogP) is 1.27. The smallest absolute Gasteiger partial charge is 0.160 e. The highest BCUT2D eigenvalue weighted by Gasteiger charge is 2.04. The first-order valence-corrected chi connectivity index (χ1v) is 8.61. The number of methoxy groups -OCH3 is 2. The van der Waals surface area contributed by atoms with Gasteiger partial charge in [0.05, 0.1) is 20.0 Å². The van der Waals surface area contributed by atoms with Crippen molar-refractivity contribution in [2.24, 2.45) is 0 Å². The maximum atomic E-state index is 11.0. The summed E-state index contributed by atoms with van der Waals surface area (Å²) in [4.78, 5) is 0. The number of benzene rings is 1. The van der Waals surface area contributed by atoms with Crippen molar-refractivity contribution >= 4 is 9.84 Å². The Balaban J connectivity index is 2.32. The van der Waals surface area contributed by atoms with Crippen molar-refractivity contribution in [3.8, 4) is 11.5 Å². The summed E-state index contributed by atoms with van der Waals surface area (Å²) in [7, 11) is 0.378. The van der Waals surface area contributed by atoms with Gasteiger partial charge >= 0.3 is 0 Å². The predicted molar refractivity (Wildman–Crippen MR) is 80.4 cm³/mol. The monoisotopic (exact) mass is 301 g/mol. The zero-order valence-electron chi connectivity index (χ0n) is 12.3. The lowest BCUT2D eigenvalue weighted by Gasteiger charge is -2.10. The van der Waals surface area contributed by atoms with Gasteiger partial charge in [-0.2, -0.15) is 0 Å². The van der Waals surface area contributed by atoms with Gasteiger partial charge in [0, 0.05) is 6.26 Å². The van der Waals surface area contributed by atoms with Crippen LogP contribution in [0.15, 0.2) is 18.2 Å². The third kappa shape index (κ3) is 6.25. The van der Waals surface area contributed by atoms with E-state index in [4.69, 9.17) is 9.47 Å². The van der Waals surface area contributed by atoms with E-state index in [-0.39, 0.29) is 5.75 Å². The molecule has 0 fully saturated rings. The number of ether oxygens (including phenoxy) is 2. The Morgan fingerprint density at radius 1 is 1.10 bits per heavy atom. The molecule has 20 heavy (non-hydrogen) atoms. The lowest BCUT2D eigenvalue weighted by Crippen LogP contribution is -2.20. The highest BCUT2D eigenvalue weighted by Crippen LogP contribution is 2.27. The minimum atomic E-state index is -2.85. The topological polar surface area (TPSA) is 64.6 Å². The Morgan fingerprint density at radius 2 is 1.80 bits per heavy atom. The Morgan fingerprint density at radius 3 is 2.40 bits per heavy atom. The molecule has 1 aromatic carbocycles. The summed E-state index contributed by atoms with van der Waals surface area (Å²) in [5.74, 6) is 1.68. The molecule has 6 heteroatoms. The van der Waals surface area contributed by atoms with E-state index in [1.807, 2.05) is 18.2 Å². The second kappa shape index (κ2) is 8.11. The summed E-state index contributed by atoms with van der Waals surface area (Å²) in [6.45, 7) is 1.51. The molecule has 0 unspecified atom stereocenters. The molecule has 0 aromatic heterocycles. The molecule has 1 rings (SSSR count). The van der Waals surface area contributed by atoms with Crippen LogP contribution in [0.5, 0.6) is 11.5 Å². The van der Waals surface area contributed by atoms with Crippen LogP contribution in [0.25, 0.3) is 0 Å². The second-order valence-corrected chi connectivity index (χ2v) is 6.93. The first kappa shape index (κ1) is 16.8. The van der Waals surface area contributed by atoms with E-state index < -0.39 is 9.84 Å². The molecule has 0 aliphatic carbocycles. The molecular formula is C14H23NO4S. The van der Waals surface area contributed by atoms with E-state index in [0.717, 1.165) is 30.0 Å². The van der Waals surface area contributed by atoms with Crippen LogP contribution < -0.4 is 14.8 Å². The fraction of sp³-hybridized carbons (Fsp3) is 0.571. The fourth-order valence-corrected chi connectivity index (χ4v) is 2.52. The Bertz CT molecular complexity index is 514. The van der Waals surface area contributed by atoms with Crippen molar-refractivity contribution in [2.45, 2.75) is 12.8 Å². The number of rotatable bonds is 9. The van der Waals surface area contributed by atoms with E-state index in [9.17, 15) is 8.42 Å². The highest BCUT2D eigenvalue weighted by molar-refractivity contribution is 7.90. The Labute approximate surface area is 121 Å². The molecular weight excluding hydrogens is 278 g/mol. The van der Waals surface area contributed by atoms with Crippen molar-refractivity contribution in [3.05, 3.63) is 23.8 Å². The number of sulfone groups is 1. The maximum absolute atomic E-state index is 11.0. The quantitative estimate of drug-likeness (QED) is 0.696. The molecule has 114 valence electrons. The van der Waals surface area contributed by atoms with Gasteiger partial charge in [0.15, 0.2) is 11.5 Å². The summed E-state index contributed by atoms with van der Waals surface area (Å²) in [6, 6.07) is 5.84. The lowest BCUT2D eigenvalue weighted by molar-refractivity contribution is 0.354. The molecule has 0 radical (unpaired) electrons. The van der Waals surface area contributed by atoms with Crippen molar-refractivity contribution in [2.75, 3.05) is 39.3 Å². The average Bonchev–Trinajstić information content (AvgIpc) is 2.41. The molecule has 0 heterocycles. The van der Waals surface area contributed by atoms with E-state index in [1.165, 1.54) is 6.26 Å². The average molecular weight is 301 g/mol. The zero-order valence-corrected chi connectivity index (χ0v) is 13.1. The van der Waals surface area contributed by atoms with Crippen LogP contribution in [0.4, 0.5) is 0 Å². The molecule has 0 amide bonds. The van der Waals surface area contributed by atoms with Gasteiger partial charge in [-0.1, -0.05) is 6.07 Å². The van der Waals surface area contributed by atoms with Gasteiger partial charge in [0.2, 0.25) is 0 Å². The Kier molecular flexibility index (Phi) is 6.81. The SMILES string of the molecule is COc1ccc(CCNCCCS(C)(=O)=O)cc1OC. The summed E-state index contributed by atoms with van der Waals surface area (Å²) < 4.78 is 32.4. The zero-order chi connectivity index (χ0) is 15.0. The molecule has 0 saturated carbocycles. The van der Waals surface area contributed by atoms with Crippen molar-refractivity contribution in [3.63, 3.8) is 0 Å². The van der Waals surface area contributed by atoms with Crippen LogP contribution in [0.2, 0.25) is 0 Å². The van der Waals surface area contributed by atoms with Crippen molar-refractivity contribution in [1.29, 1.82) is 0 Å². The van der Waals surface area contributed by atoms with Crippen LogP contribution >= 0.6 is 0 Å². The fourth-order valence-electron chi connectivity index (χ4n) is 1.85. The standard InChI is InChI=1S/C14H23NO4S/c1-18-13-6-5-12(11-14(13)19-2)7-9-15-8-4-10-20(3,16)17/h5-6,11,15H,4,7-10H2,1-3H3. The molecule has 0 spiro atoms. The van der Waals surface area contributed by atoms with E-state index in [1.54, 1.807) is 14.2 Å². The van der Waals surface area contributed by atoms with Crippen molar-refractivity contribution in [1.82, 2.24) is 5.32 Å². The number of hydrogen-bond acceptors (Lipinski definition) is 5. The van der Waals surface area contributed by atoms with Crippen LogP contribution in [0.3, 0.4) is 0 Å². The minimum Gasteiger partial charge on any atom is -0.493 e. The molecule has 1 N–H and O–H groups in total. The van der Waals surface area contributed by atoms with Gasteiger partial charge in [-0.25, -0.2) is 8.42 Å². The van der Waals surface area contributed by atoms with Crippen LogP contribution in [0, 0.1) is 0 Å².